The predicted octanol–water partition coefficient (Wildman–Crippen LogP) is 4.45. The number of carbonyl (C=O) groups excluding carboxylic acids is 2. The van der Waals surface area contributed by atoms with Gasteiger partial charge in [-0.3, -0.25) is 19.3 Å². The lowest BCUT2D eigenvalue weighted by Crippen LogP contribution is -2.65. The van der Waals surface area contributed by atoms with Crippen molar-refractivity contribution >= 4 is 17.8 Å². The maximum absolute atomic E-state index is 14.0. The third-order valence-corrected chi connectivity index (χ3v) is 11.2. The van der Waals surface area contributed by atoms with E-state index in [9.17, 15) is 19.5 Å². The van der Waals surface area contributed by atoms with Gasteiger partial charge in [-0.1, -0.05) is 38.8 Å². The Morgan fingerprint density at radius 3 is 2.49 bits per heavy atom. The predicted molar refractivity (Wildman–Crippen MR) is 134 cm³/mol. The number of nitrogens with zero attached hydrogens (tertiary/aromatic N) is 2. The first-order valence-corrected chi connectivity index (χ1v) is 13.8. The zero-order valence-corrected chi connectivity index (χ0v) is 22.5. The smallest absolute Gasteiger partial charge is 0.309 e. The van der Waals surface area contributed by atoms with Crippen LogP contribution in [0, 0.1) is 51.8 Å². The largest absolute Gasteiger partial charge is 0.481 e. The number of aliphatic carboxylic acids is 1. The molecule has 35 heavy (non-hydrogen) atoms. The normalized spacial score (nSPS) is 44.4. The Morgan fingerprint density at radius 1 is 1.14 bits per heavy atom. The van der Waals surface area contributed by atoms with Crippen LogP contribution in [-0.4, -0.2) is 59.9 Å². The molecule has 1 heterocycles. The van der Waals surface area contributed by atoms with Crippen LogP contribution in [0.3, 0.4) is 0 Å². The van der Waals surface area contributed by atoms with Crippen molar-refractivity contribution in [1.82, 2.24) is 9.80 Å². The van der Waals surface area contributed by atoms with Gasteiger partial charge in [-0.05, 0) is 95.2 Å². The van der Waals surface area contributed by atoms with Crippen LogP contribution < -0.4 is 0 Å². The highest BCUT2D eigenvalue weighted by Gasteiger charge is 2.73. The Balaban J connectivity index is 1.57. The van der Waals surface area contributed by atoms with Crippen molar-refractivity contribution in [2.45, 2.75) is 72.6 Å². The lowest BCUT2D eigenvalue weighted by atomic mass is 9.34. The van der Waals surface area contributed by atoms with E-state index in [1.54, 1.807) is 4.90 Å². The highest BCUT2D eigenvalue weighted by molar-refractivity contribution is 6.06. The second kappa shape index (κ2) is 8.16. The summed E-state index contributed by atoms with van der Waals surface area (Å²) in [4.78, 5) is 44.0. The molecule has 2 bridgehead atoms. The molecule has 6 heteroatoms. The van der Waals surface area contributed by atoms with Gasteiger partial charge in [-0.25, -0.2) is 0 Å². The number of fused-ring (bicyclic) bond motifs is 1. The molecule has 1 aliphatic heterocycles. The molecule has 6 nitrogen and oxygen atoms in total. The molecular formula is C29H44N2O4. The second-order valence-electron chi connectivity index (χ2n) is 13.5. The van der Waals surface area contributed by atoms with Crippen LogP contribution in [-0.2, 0) is 14.4 Å². The summed E-state index contributed by atoms with van der Waals surface area (Å²) in [6.07, 6.45) is 8.53. The molecule has 0 aromatic heterocycles. The molecule has 0 aromatic rings. The third-order valence-electron chi connectivity index (χ3n) is 11.2. The molecule has 194 valence electrons. The Hall–Kier alpha value is -1.69. The van der Waals surface area contributed by atoms with Gasteiger partial charge in [0.25, 0.3) is 0 Å². The minimum atomic E-state index is -0.705. The summed E-state index contributed by atoms with van der Waals surface area (Å²) < 4.78 is 0. The lowest BCUT2D eigenvalue weighted by Gasteiger charge is -2.68. The van der Waals surface area contributed by atoms with Crippen LogP contribution in [0.4, 0.5) is 0 Å². The van der Waals surface area contributed by atoms with Gasteiger partial charge >= 0.3 is 5.97 Å². The summed E-state index contributed by atoms with van der Waals surface area (Å²) in [5.74, 6) is -0.215. The highest BCUT2D eigenvalue weighted by Crippen LogP contribution is 2.74. The first-order chi connectivity index (χ1) is 16.4. The van der Waals surface area contributed by atoms with Crippen LogP contribution >= 0.6 is 0 Å². The standard InChI is InChI=1S/C29H44N2O4/c1-17(2)19-16-29-12-9-20-27(3,10-7-11-28(20,4)26(34)35)21(29)15-18(19)22-23(29)25(33)31(24(22)32)14-8-13-30(5)6/h16-18,20-23H,7-15H2,1-6H3,(H,34,35)/t18-,20-,21-,22+,23+,27-,28+,29+/m0/s1. The topological polar surface area (TPSA) is 77.9 Å². The van der Waals surface area contributed by atoms with Crippen molar-refractivity contribution in [2.24, 2.45) is 51.8 Å². The number of imide groups is 1. The molecule has 6 rings (SSSR count). The number of rotatable bonds is 6. The Morgan fingerprint density at radius 2 is 1.86 bits per heavy atom. The van der Waals surface area contributed by atoms with Crippen molar-refractivity contribution in [3.63, 3.8) is 0 Å². The monoisotopic (exact) mass is 484 g/mol. The summed E-state index contributed by atoms with van der Waals surface area (Å²) in [5, 5.41) is 10.3. The van der Waals surface area contributed by atoms with Gasteiger partial charge in [-0.2, -0.15) is 0 Å². The zero-order valence-electron chi connectivity index (χ0n) is 22.5. The van der Waals surface area contributed by atoms with E-state index in [0.717, 1.165) is 51.5 Å². The van der Waals surface area contributed by atoms with Crippen LogP contribution in [0.5, 0.6) is 0 Å². The summed E-state index contributed by atoms with van der Waals surface area (Å²) in [6, 6.07) is 0. The van der Waals surface area contributed by atoms with E-state index >= 15 is 0 Å². The maximum atomic E-state index is 14.0. The minimum absolute atomic E-state index is 0.0476. The van der Waals surface area contributed by atoms with E-state index in [1.807, 2.05) is 21.0 Å². The fourth-order valence-corrected chi connectivity index (χ4v) is 9.78. The van der Waals surface area contributed by atoms with Crippen molar-refractivity contribution in [3.8, 4) is 0 Å². The fraction of sp³-hybridized carbons (Fsp3) is 0.828. The van der Waals surface area contributed by atoms with Gasteiger partial charge < -0.3 is 10.0 Å². The average molecular weight is 485 g/mol. The number of carboxylic acids is 1. The van der Waals surface area contributed by atoms with Crippen LogP contribution in [0.25, 0.3) is 0 Å². The van der Waals surface area contributed by atoms with Gasteiger partial charge in [0.1, 0.15) is 0 Å². The summed E-state index contributed by atoms with van der Waals surface area (Å²) in [7, 11) is 4.04. The number of amides is 2. The number of carbonyl (C=O) groups is 3. The van der Waals surface area contributed by atoms with E-state index in [-0.39, 0.29) is 52.2 Å². The first-order valence-electron chi connectivity index (χ1n) is 13.8. The van der Waals surface area contributed by atoms with E-state index in [2.05, 4.69) is 31.7 Å². The molecule has 6 aliphatic rings. The summed E-state index contributed by atoms with van der Waals surface area (Å²) >= 11 is 0. The molecule has 3 saturated carbocycles. The zero-order chi connectivity index (χ0) is 25.5. The fourth-order valence-electron chi connectivity index (χ4n) is 9.78. The van der Waals surface area contributed by atoms with Crippen molar-refractivity contribution < 1.29 is 19.5 Å². The third kappa shape index (κ3) is 3.27. The maximum Gasteiger partial charge on any atom is 0.309 e. The molecule has 5 aliphatic carbocycles. The van der Waals surface area contributed by atoms with Crippen molar-refractivity contribution in [1.29, 1.82) is 0 Å². The number of hydrogen-bond donors (Lipinski definition) is 1. The lowest BCUT2D eigenvalue weighted by molar-refractivity contribution is -0.194. The molecule has 0 unspecified atom stereocenters. The molecule has 0 radical (unpaired) electrons. The number of hydrogen-bond acceptors (Lipinski definition) is 4. The van der Waals surface area contributed by atoms with E-state index in [1.165, 1.54) is 5.57 Å². The SMILES string of the molecule is CC(C)C1=C[C@]23CC[C@H]4[C@](C)(CCC[C@@]4(C)C(=O)O)[C@@H]2C[C@@H]1[C@H]1C(=O)N(CCCN(C)C)C(=O)[C@@H]13. The Bertz CT molecular complexity index is 972. The van der Waals surface area contributed by atoms with Gasteiger partial charge in [0.15, 0.2) is 0 Å². The van der Waals surface area contributed by atoms with E-state index in [0.29, 0.717) is 12.5 Å². The number of carboxylic acid groups (broad SMARTS) is 1. The highest BCUT2D eigenvalue weighted by atomic mass is 16.4. The Kier molecular flexibility index (Phi) is 5.82. The van der Waals surface area contributed by atoms with E-state index < -0.39 is 11.4 Å². The second-order valence-corrected chi connectivity index (χ2v) is 13.5. The van der Waals surface area contributed by atoms with Gasteiger partial charge in [0.2, 0.25) is 11.8 Å². The molecular weight excluding hydrogens is 440 g/mol. The van der Waals surface area contributed by atoms with Crippen LogP contribution in [0.15, 0.2) is 11.6 Å². The summed E-state index contributed by atoms with van der Waals surface area (Å²) in [6.45, 7) is 10.1. The first kappa shape index (κ1) is 25.0. The number of likely N-dealkylation sites (tertiary alicyclic amines) is 1. The van der Waals surface area contributed by atoms with Gasteiger partial charge in [-0.15, -0.1) is 0 Å². The minimum Gasteiger partial charge on any atom is -0.481 e. The van der Waals surface area contributed by atoms with Crippen molar-refractivity contribution in [3.05, 3.63) is 11.6 Å². The van der Waals surface area contributed by atoms with Crippen LogP contribution in [0.2, 0.25) is 0 Å². The molecule has 8 atom stereocenters. The molecule has 1 saturated heterocycles. The molecule has 0 aromatic carbocycles. The van der Waals surface area contributed by atoms with Gasteiger partial charge in [0, 0.05) is 12.0 Å². The summed E-state index contributed by atoms with van der Waals surface area (Å²) in [5.41, 5.74) is 0.235. The molecule has 1 N–H and O–H groups in total. The number of allylic oxidation sites excluding steroid dienone is 2. The quantitative estimate of drug-likeness (QED) is 0.445. The van der Waals surface area contributed by atoms with Gasteiger partial charge in [0.05, 0.1) is 17.3 Å². The van der Waals surface area contributed by atoms with Crippen LogP contribution in [0.1, 0.15) is 72.6 Å². The Labute approximate surface area is 210 Å². The van der Waals surface area contributed by atoms with Crippen molar-refractivity contribution in [2.75, 3.05) is 27.2 Å². The van der Waals surface area contributed by atoms with E-state index in [4.69, 9.17) is 0 Å². The average Bonchev–Trinajstić information content (AvgIpc) is 3.05. The molecule has 4 fully saturated rings. The molecule has 1 spiro atoms. The molecule has 2 amide bonds.